The number of rotatable bonds is 4. The fourth-order valence-corrected chi connectivity index (χ4v) is 2.66. The lowest BCUT2D eigenvalue weighted by Gasteiger charge is -2.09. The van der Waals surface area contributed by atoms with Gasteiger partial charge in [0.15, 0.2) is 4.90 Å². The normalized spacial score (nSPS) is 11.1. The first-order valence-electron chi connectivity index (χ1n) is 5.47. The van der Waals surface area contributed by atoms with Gasteiger partial charge < -0.3 is 5.11 Å². The van der Waals surface area contributed by atoms with Gasteiger partial charge in [0.25, 0.3) is 10.0 Å². The molecule has 1 aromatic carbocycles. The van der Waals surface area contributed by atoms with E-state index in [0.717, 1.165) is 36.5 Å². The quantitative estimate of drug-likeness (QED) is 0.898. The maximum Gasteiger partial charge on any atom is 0.337 e. The van der Waals surface area contributed by atoms with Crippen LogP contribution in [0.3, 0.4) is 0 Å². The maximum absolute atomic E-state index is 13.5. The number of nitrogens with zero attached hydrogens (tertiary/aromatic N) is 1. The SMILES string of the molecule is O=C(O)c1ccc(NS(=O)(=O)c2c(F)cccc2F)nc1. The molecule has 0 fully saturated rings. The third-order valence-corrected chi connectivity index (χ3v) is 3.84. The van der Waals surface area contributed by atoms with Gasteiger partial charge in [-0.05, 0) is 24.3 Å². The molecule has 110 valence electrons. The molecule has 2 N–H and O–H groups in total. The van der Waals surface area contributed by atoms with Crippen molar-refractivity contribution in [2.45, 2.75) is 4.90 Å². The van der Waals surface area contributed by atoms with Crippen LogP contribution in [0.4, 0.5) is 14.6 Å². The number of anilines is 1. The molecule has 0 bridgehead atoms. The molecule has 0 radical (unpaired) electrons. The van der Waals surface area contributed by atoms with E-state index in [0.29, 0.717) is 0 Å². The number of carbonyl (C=O) groups is 1. The van der Waals surface area contributed by atoms with Gasteiger partial charge in [0, 0.05) is 6.20 Å². The molecule has 6 nitrogen and oxygen atoms in total. The highest BCUT2D eigenvalue weighted by Gasteiger charge is 2.24. The van der Waals surface area contributed by atoms with Crippen LogP contribution in [0.15, 0.2) is 41.4 Å². The molecule has 0 spiro atoms. The summed E-state index contributed by atoms with van der Waals surface area (Å²) in [4.78, 5) is 13.1. The molecule has 2 rings (SSSR count). The Kier molecular flexibility index (Phi) is 3.85. The summed E-state index contributed by atoms with van der Waals surface area (Å²) < 4.78 is 52.6. The van der Waals surface area contributed by atoms with E-state index < -0.39 is 32.5 Å². The van der Waals surface area contributed by atoms with Crippen LogP contribution in [-0.4, -0.2) is 24.5 Å². The summed E-state index contributed by atoms with van der Waals surface area (Å²) >= 11 is 0. The van der Waals surface area contributed by atoms with E-state index in [2.05, 4.69) is 4.98 Å². The van der Waals surface area contributed by atoms with E-state index in [-0.39, 0.29) is 11.4 Å². The highest BCUT2D eigenvalue weighted by atomic mass is 32.2. The number of pyridine rings is 1. The van der Waals surface area contributed by atoms with Gasteiger partial charge in [-0.2, -0.15) is 0 Å². The molecule has 1 heterocycles. The summed E-state index contributed by atoms with van der Waals surface area (Å²) in [5.74, 6) is -3.99. The Morgan fingerprint density at radius 2 is 1.76 bits per heavy atom. The molecule has 21 heavy (non-hydrogen) atoms. The van der Waals surface area contributed by atoms with Gasteiger partial charge >= 0.3 is 5.97 Å². The molecule has 0 saturated heterocycles. The number of aromatic nitrogens is 1. The molecule has 0 amide bonds. The van der Waals surface area contributed by atoms with Crippen LogP contribution in [0, 0.1) is 11.6 Å². The number of halogens is 2. The van der Waals surface area contributed by atoms with Gasteiger partial charge in [-0.25, -0.2) is 27.0 Å². The molecule has 0 unspecified atom stereocenters. The second-order valence-corrected chi connectivity index (χ2v) is 5.51. The zero-order chi connectivity index (χ0) is 15.6. The molecule has 1 aromatic heterocycles. The van der Waals surface area contributed by atoms with Crippen molar-refractivity contribution < 1.29 is 27.1 Å². The first-order chi connectivity index (χ1) is 9.81. The second kappa shape index (κ2) is 5.44. The number of aromatic carboxylic acids is 1. The summed E-state index contributed by atoms with van der Waals surface area (Å²) in [6, 6.07) is 4.81. The minimum atomic E-state index is -4.52. The summed E-state index contributed by atoms with van der Waals surface area (Å²) in [5.41, 5.74) is -0.157. The van der Waals surface area contributed by atoms with Crippen LogP contribution in [0.2, 0.25) is 0 Å². The monoisotopic (exact) mass is 314 g/mol. The molecule has 2 aromatic rings. The Hall–Kier alpha value is -2.55. The van der Waals surface area contributed by atoms with E-state index in [1.807, 2.05) is 4.72 Å². The van der Waals surface area contributed by atoms with Crippen LogP contribution >= 0.6 is 0 Å². The Balaban J connectivity index is 2.35. The maximum atomic E-state index is 13.5. The number of hydrogen-bond acceptors (Lipinski definition) is 4. The van der Waals surface area contributed by atoms with Crippen molar-refractivity contribution in [2.24, 2.45) is 0 Å². The van der Waals surface area contributed by atoms with Gasteiger partial charge in [-0.1, -0.05) is 6.07 Å². The highest BCUT2D eigenvalue weighted by Crippen LogP contribution is 2.20. The number of hydrogen-bond donors (Lipinski definition) is 2. The van der Waals surface area contributed by atoms with E-state index in [1.54, 1.807) is 0 Å². The van der Waals surface area contributed by atoms with Crippen LogP contribution in [-0.2, 0) is 10.0 Å². The van der Waals surface area contributed by atoms with Crippen molar-refractivity contribution in [1.29, 1.82) is 0 Å². The van der Waals surface area contributed by atoms with Crippen LogP contribution in [0.25, 0.3) is 0 Å². The van der Waals surface area contributed by atoms with Crippen molar-refractivity contribution in [3.8, 4) is 0 Å². The zero-order valence-electron chi connectivity index (χ0n) is 10.2. The van der Waals surface area contributed by atoms with E-state index in [4.69, 9.17) is 5.11 Å². The third-order valence-electron chi connectivity index (χ3n) is 2.44. The van der Waals surface area contributed by atoms with Crippen molar-refractivity contribution in [3.05, 3.63) is 53.7 Å². The van der Waals surface area contributed by atoms with Crippen molar-refractivity contribution in [3.63, 3.8) is 0 Å². The van der Waals surface area contributed by atoms with Crippen molar-refractivity contribution in [1.82, 2.24) is 4.98 Å². The lowest BCUT2D eigenvalue weighted by atomic mass is 10.3. The Morgan fingerprint density at radius 3 is 2.24 bits per heavy atom. The molecule has 0 aliphatic carbocycles. The van der Waals surface area contributed by atoms with Gasteiger partial charge in [0.2, 0.25) is 0 Å². The molecule has 0 aliphatic heterocycles. The molecule has 0 aliphatic rings. The fourth-order valence-electron chi connectivity index (χ4n) is 1.51. The lowest BCUT2D eigenvalue weighted by Crippen LogP contribution is -2.17. The number of benzene rings is 1. The number of carboxylic acid groups (broad SMARTS) is 1. The molecular weight excluding hydrogens is 306 g/mol. The summed E-state index contributed by atoms with van der Waals surface area (Å²) in [6.07, 6.45) is 0.915. The number of carboxylic acids is 1. The van der Waals surface area contributed by atoms with Gasteiger partial charge in [-0.3, -0.25) is 4.72 Å². The van der Waals surface area contributed by atoms with Crippen molar-refractivity contribution >= 4 is 21.8 Å². The van der Waals surface area contributed by atoms with Crippen molar-refractivity contribution in [2.75, 3.05) is 4.72 Å². The average molecular weight is 314 g/mol. The molecular formula is C12H8F2N2O4S. The lowest BCUT2D eigenvalue weighted by molar-refractivity contribution is 0.0696. The minimum absolute atomic E-state index is 0.157. The Labute approximate surface area is 118 Å². The molecule has 0 atom stereocenters. The largest absolute Gasteiger partial charge is 0.478 e. The third kappa shape index (κ3) is 3.14. The Bertz CT molecular complexity index is 771. The number of nitrogens with one attached hydrogen (secondary N) is 1. The first kappa shape index (κ1) is 14.9. The van der Waals surface area contributed by atoms with Gasteiger partial charge in [0.1, 0.15) is 17.5 Å². The van der Waals surface area contributed by atoms with E-state index in [9.17, 15) is 22.0 Å². The smallest absolute Gasteiger partial charge is 0.337 e. The second-order valence-electron chi connectivity index (χ2n) is 3.89. The van der Waals surface area contributed by atoms with Gasteiger partial charge in [0.05, 0.1) is 5.56 Å². The summed E-state index contributed by atoms with van der Waals surface area (Å²) in [6.45, 7) is 0. The Morgan fingerprint density at radius 1 is 1.14 bits per heavy atom. The zero-order valence-corrected chi connectivity index (χ0v) is 11.1. The predicted molar refractivity (Wildman–Crippen MR) is 68.4 cm³/mol. The van der Waals surface area contributed by atoms with Crippen LogP contribution in [0.5, 0.6) is 0 Å². The van der Waals surface area contributed by atoms with Gasteiger partial charge in [-0.15, -0.1) is 0 Å². The minimum Gasteiger partial charge on any atom is -0.478 e. The summed E-state index contributed by atoms with van der Waals surface area (Å²) in [7, 11) is -4.52. The average Bonchev–Trinajstić information content (AvgIpc) is 2.38. The van der Waals surface area contributed by atoms with Crippen LogP contribution < -0.4 is 4.72 Å². The highest BCUT2D eigenvalue weighted by molar-refractivity contribution is 7.92. The molecule has 9 heteroatoms. The predicted octanol–water partition coefficient (Wildman–Crippen LogP) is 1.86. The van der Waals surface area contributed by atoms with E-state index >= 15 is 0 Å². The standard InChI is InChI=1S/C12H8F2N2O4S/c13-8-2-1-3-9(14)11(8)21(19,20)16-10-5-4-7(6-15-10)12(17)18/h1-6H,(H,15,16)(H,17,18). The topological polar surface area (TPSA) is 96.4 Å². The number of sulfonamides is 1. The fraction of sp³-hybridized carbons (Fsp3) is 0. The summed E-state index contributed by atoms with van der Waals surface area (Å²) in [5, 5.41) is 8.68. The van der Waals surface area contributed by atoms with E-state index in [1.165, 1.54) is 0 Å². The van der Waals surface area contributed by atoms with Crippen LogP contribution in [0.1, 0.15) is 10.4 Å². The molecule has 0 saturated carbocycles. The first-order valence-corrected chi connectivity index (χ1v) is 6.96.